The maximum Gasteiger partial charge on any atom is 0.129 e. The molecule has 0 fully saturated rings. The minimum atomic E-state index is -1.33. The molecule has 0 bridgehead atoms. The fourth-order valence-corrected chi connectivity index (χ4v) is 1.67. The molecule has 2 nitrogen and oxygen atoms in total. The topological polar surface area (TPSA) is 33.1 Å². The largest absolute Gasteiger partial charge is 0.388 e. The molecule has 0 aromatic carbocycles. The van der Waals surface area contributed by atoms with Crippen molar-refractivity contribution >= 4 is 8.07 Å². The molecule has 4 heteroatoms. The molecule has 0 aliphatic carbocycles. The number of aliphatic hydroxyl groups is 1. The predicted molar refractivity (Wildman–Crippen MR) is 85.4 cm³/mol. The second-order valence-electron chi connectivity index (χ2n) is 5.48. The second kappa shape index (κ2) is 11.2. The molecule has 0 amide bonds. The molecule has 1 rings (SSSR count). The molecule has 1 N–H and O–H groups in total. The first kappa shape index (κ1) is 21.8. The first-order valence-electron chi connectivity index (χ1n) is 6.75. The minimum absolute atomic E-state index is 0. The first-order chi connectivity index (χ1) is 8.84. The van der Waals surface area contributed by atoms with Gasteiger partial charge in [0.15, 0.2) is 0 Å². The van der Waals surface area contributed by atoms with Crippen molar-refractivity contribution in [2.75, 3.05) is 0 Å². The molecule has 1 aromatic heterocycles. The number of nitrogens with zero attached hydrogens (tertiary/aromatic N) is 1. The van der Waals surface area contributed by atoms with Gasteiger partial charge in [0.05, 0.1) is 6.10 Å². The quantitative estimate of drug-likeness (QED) is 0.501. The normalized spacial score (nSPS) is 11.2. The summed E-state index contributed by atoms with van der Waals surface area (Å²) in [4.78, 5) is 4.24. The van der Waals surface area contributed by atoms with Gasteiger partial charge in [-0.2, -0.15) is 13.8 Å². The standard InChI is InChI=1S/C13H19NOSi.C3H7.Zn/c1-5-13(15)11-6-7-12(14-10-11)8-9-16(2,3)4;1-3-2;/h6-7,10,13,15H,5H2,1-4H3;3H,1-2H3;/q;-1;/t13-;;/m0../s1. The van der Waals surface area contributed by atoms with Crippen LogP contribution >= 0.6 is 0 Å². The van der Waals surface area contributed by atoms with Crippen LogP contribution < -0.4 is 0 Å². The average molecular weight is 342 g/mol. The minimum Gasteiger partial charge on any atom is -0.388 e. The van der Waals surface area contributed by atoms with Crippen LogP contribution in [0.2, 0.25) is 19.6 Å². The van der Waals surface area contributed by atoms with Gasteiger partial charge in [-0.1, -0.05) is 38.6 Å². The van der Waals surface area contributed by atoms with Gasteiger partial charge in [-0.3, -0.25) is 0 Å². The Labute approximate surface area is 138 Å². The maximum atomic E-state index is 9.61. The van der Waals surface area contributed by atoms with Gasteiger partial charge in [0, 0.05) is 25.7 Å². The van der Waals surface area contributed by atoms with Gasteiger partial charge in [-0.05, 0) is 18.1 Å². The number of pyridine rings is 1. The molecule has 0 saturated heterocycles. The van der Waals surface area contributed by atoms with Gasteiger partial charge in [-0.25, -0.2) is 4.98 Å². The number of hydrogen-bond donors (Lipinski definition) is 1. The van der Waals surface area contributed by atoms with Crippen molar-refractivity contribution in [1.82, 2.24) is 4.98 Å². The molecule has 0 aliphatic rings. The van der Waals surface area contributed by atoms with Gasteiger partial charge < -0.3 is 11.5 Å². The van der Waals surface area contributed by atoms with Crippen molar-refractivity contribution < 1.29 is 24.6 Å². The van der Waals surface area contributed by atoms with Crippen LogP contribution in [0.1, 0.15) is 44.6 Å². The first-order valence-corrected chi connectivity index (χ1v) is 10.2. The van der Waals surface area contributed by atoms with Crippen molar-refractivity contribution in [2.24, 2.45) is 0 Å². The third-order valence-electron chi connectivity index (χ3n) is 2.12. The Morgan fingerprint density at radius 1 is 1.30 bits per heavy atom. The van der Waals surface area contributed by atoms with Crippen molar-refractivity contribution in [1.29, 1.82) is 0 Å². The zero-order valence-electron chi connectivity index (χ0n) is 13.7. The zero-order chi connectivity index (χ0) is 14.9. The molecular formula is C16H26NOSiZn-. The summed E-state index contributed by atoms with van der Waals surface area (Å²) >= 11 is 0. The summed E-state index contributed by atoms with van der Waals surface area (Å²) in [5.74, 6) is 3.09. The van der Waals surface area contributed by atoms with E-state index in [1.807, 2.05) is 39.3 Å². The molecule has 0 unspecified atom stereocenters. The molecule has 0 radical (unpaired) electrons. The van der Waals surface area contributed by atoms with Crippen LogP contribution in [0.5, 0.6) is 0 Å². The third kappa shape index (κ3) is 10.3. The fraction of sp³-hybridized carbons (Fsp3) is 0.500. The fourth-order valence-electron chi connectivity index (χ4n) is 1.16. The second-order valence-corrected chi connectivity index (χ2v) is 10.2. The Bertz CT molecular complexity index is 415. The van der Waals surface area contributed by atoms with Crippen LogP contribution in [0.15, 0.2) is 18.3 Å². The summed E-state index contributed by atoms with van der Waals surface area (Å²) in [5.41, 5.74) is 4.91. The van der Waals surface area contributed by atoms with E-state index in [0.717, 1.165) is 11.3 Å². The third-order valence-corrected chi connectivity index (χ3v) is 3.00. The Kier molecular flexibility index (Phi) is 12.2. The van der Waals surface area contributed by atoms with Gasteiger partial charge in [0.25, 0.3) is 0 Å². The summed E-state index contributed by atoms with van der Waals surface area (Å²) < 4.78 is 0. The van der Waals surface area contributed by atoms with E-state index in [1.54, 1.807) is 6.20 Å². The number of rotatable bonds is 2. The van der Waals surface area contributed by atoms with Gasteiger partial charge in [-0.15, -0.1) is 5.54 Å². The smallest absolute Gasteiger partial charge is 0.129 e. The summed E-state index contributed by atoms with van der Waals surface area (Å²) in [6.07, 6.45) is 4.01. The van der Waals surface area contributed by atoms with Crippen molar-refractivity contribution in [3.63, 3.8) is 0 Å². The Hall–Kier alpha value is -0.490. The average Bonchev–Trinajstić information content (AvgIpc) is 2.36. The SMILES string of the molecule is CC[C@H](O)c1ccc(C#C[Si](C)(C)C)nc1.C[CH-]C.[Zn]. The van der Waals surface area contributed by atoms with Crippen molar-refractivity contribution in [3.8, 4) is 11.5 Å². The summed E-state index contributed by atoms with van der Waals surface area (Å²) in [6, 6.07) is 3.77. The van der Waals surface area contributed by atoms with Crippen molar-refractivity contribution in [3.05, 3.63) is 36.0 Å². The molecule has 108 valence electrons. The van der Waals surface area contributed by atoms with E-state index in [4.69, 9.17) is 0 Å². The number of aromatic nitrogens is 1. The van der Waals surface area contributed by atoms with E-state index in [-0.39, 0.29) is 19.5 Å². The zero-order valence-corrected chi connectivity index (χ0v) is 17.7. The van der Waals surface area contributed by atoms with E-state index in [2.05, 4.69) is 36.1 Å². The Morgan fingerprint density at radius 2 is 1.85 bits per heavy atom. The molecule has 0 spiro atoms. The van der Waals surface area contributed by atoms with Crippen LogP contribution in [0, 0.1) is 17.9 Å². The van der Waals surface area contributed by atoms with Crippen LogP contribution in [-0.4, -0.2) is 18.2 Å². The van der Waals surface area contributed by atoms with Gasteiger partial charge in [0.2, 0.25) is 0 Å². The van der Waals surface area contributed by atoms with E-state index in [0.29, 0.717) is 6.42 Å². The molecule has 20 heavy (non-hydrogen) atoms. The number of hydrogen-bond acceptors (Lipinski definition) is 2. The molecule has 0 saturated carbocycles. The van der Waals surface area contributed by atoms with Crippen LogP contribution in [0.4, 0.5) is 0 Å². The predicted octanol–water partition coefficient (Wildman–Crippen LogP) is 3.98. The van der Waals surface area contributed by atoms with Crippen LogP contribution in [-0.2, 0) is 19.5 Å². The molecule has 0 aliphatic heterocycles. The molecule has 1 atom stereocenters. The van der Waals surface area contributed by atoms with E-state index in [9.17, 15) is 5.11 Å². The summed E-state index contributed by atoms with van der Waals surface area (Å²) in [5, 5.41) is 9.61. The maximum absolute atomic E-state index is 9.61. The Morgan fingerprint density at radius 3 is 2.20 bits per heavy atom. The van der Waals surface area contributed by atoms with E-state index >= 15 is 0 Å². The van der Waals surface area contributed by atoms with E-state index < -0.39 is 14.2 Å². The molecular weight excluding hydrogens is 316 g/mol. The summed E-state index contributed by atoms with van der Waals surface area (Å²) in [6.45, 7) is 12.6. The molecule has 1 heterocycles. The Balaban J connectivity index is 0. The van der Waals surface area contributed by atoms with Gasteiger partial charge in [0.1, 0.15) is 13.8 Å². The van der Waals surface area contributed by atoms with Crippen LogP contribution in [0.25, 0.3) is 0 Å². The van der Waals surface area contributed by atoms with Crippen LogP contribution in [0.3, 0.4) is 0 Å². The summed E-state index contributed by atoms with van der Waals surface area (Å²) in [7, 11) is -1.33. The van der Waals surface area contributed by atoms with E-state index in [1.165, 1.54) is 0 Å². The monoisotopic (exact) mass is 340 g/mol. The molecule has 1 aromatic rings. The van der Waals surface area contributed by atoms with Crippen molar-refractivity contribution in [2.45, 2.75) is 52.9 Å². The van der Waals surface area contributed by atoms with Gasteiger partial charge >= 0.3 is 0 Å². The number of aliphatic hydroxyl groups excluding tert-OH is 1.